The van der Waals surface area contributed by atoms with Gasteiger partial charge in [-0.25, -0.2) is 4.98 Å². The number of hydrogen-bond acceptors (Lipinski definition) is 2. The van der Waals surface area contributed by atoms with Gasteiger partial charge in [-0.1, -0.05) is 6.07 Å². The van der Waals surface area contributed by atoms with Crippen LogP contribution in [-0.4, -0.2) is 18.1 Å². The van der Waals surface area contributed by atoms with Gasteiger partial charge in [0.1, 0.15) is 5.82 Å². The first-order valence-corrected chi connectivity index (χ1v) is 4.93. The summed E-state index contributed by atoms with van der Waals surface area (Å²) in [7, 11) is 2.03. The molecule has 0 aliphatic rings. The lowest BCUT2D eigenvalue weighted by molar-refractivity contribution is 0.741. The van der Waals surface area contributed by atoms with Crippen LogP contribution in [-0.2, 0) is 5.88 Å². The predicted molar refractivity (Wildman–Crippen MR) is 57.3 cm³/mol. The zero-order valence-electron chi connectivity index (χ0n) is 8.29. The Kier molecular flexibility index (Phi) is 3.55. The van der Waals surface area contributed by atoms with E-state index in [1.54, 1.807) is 0 Å². The summed E-state index contributed by atoms with van der Waals surface area (Å²) in [6, 6.07) is 6.37. The molecule has 0 saturated carbocycles. The fraction of sp³-hybridized carbons (Fsp3) is 0.500. The van der Waals surface area contributed by atoms with E-state index in [9.17, 15) is 0 Å². The molecule has 1 rings (SSSR count). The van der Waals surface area contributed by atoms with Crippen LogP contribution in [0.3, 0.4) is 0 Å². The Balaban J connectivity index is 2.88. The highest BCUT2D eigenvalue weighted by Gasteiger charge is 2.05. The Labute approximate surface area is 84.5 Å². The van der Waals surface area contributed by atoms with Crippen LogP contribution in [0.25, 0.3) is 0 Å². The molecule has 0 radical (unpaired) electrons. The number of hydrogen-bond donors (Lipinski definition) is 0. The minimum absolute atomic E-state index is 0.457. The molecule has 1 aromatic heterocycles. The summed E-state index contributed by atoms with van der Waals surface area (Å²) < 4.78 is 0. The zero-order valence-corrected chi connectivity index (χ0v) is 9.04. The van der Waals surface area contributed by atoms with Crippen molar-refractivity contribution in [2.75, 3.05) is 11.9 Å². The van der Waals surface area contributed by atoms with E-state index in [0.717, 1.165) is 11.5 Å². The summed E-state index contributed by atoms with van der Waals surface area (Å²) in [5, 5.41) is 0. The van der Waals surface area contributed by atoms with E-state index in [2.05, 4.69) is 23.7 Å². The van der Waals surface area contributed by atoms with Crippen molar-refractivity contribution in [2.45, 2.75) is 25.8 Å². The van der Waals surface area contributed by atoms with Crippen LogP contribution in [0.2, 0.25) is 0 Å². The van der Waals surface area contributed by atoms with Gasteiger partial charge < -0.3 is 4.90 Å². The molecule has 0 atom stereocenters. The summed E-state index contributed by atoms with van der Waals surface area (Å²) in [6.45, 7) is 4.27. The predicted octanol–water partition coefficient (Wildman–Crippen LogP) is 2.67. The number of anilines is 1. The lowest BCUT2D eigenvalue weighted by Gasteiger charge is -2.22. The second-order valence-electron chi connectivity index (χ2n) is 3.33. The van der Waals surface area contributed by atoms with E-state index in [1.807, 2.05) is 25.2 Å². The molecule has 0 spiro atoms. The number of rotatable bonds is 3. The van der Waals surface area contributed by atoms with Gasteiger partial charge in [-0.05, 0) is 26.0 Å². The topological polar surface area (TPSA) is 16.1 Å². The fourth-order valence-electron chi connectivity index (χ4n) is 1.00. The van der Waals surface area contributed by atoms with Gasteiger partial charge in [0, 0.05) is 13.1 Å². The first kappa shape index (κ1) is 10.3. The maximum atomic E-state index is 5.70. The molecule has 3 heteroatoms. The molecule has 0 amide bonds. The van der Waals surface area contributed by atoms with Gasteiger partial charge in [-0.2, -0.15) is 0 Å². The van der Waals surface area contributed by atoms with Crippen molar-refractivity contribution < 1.29 is 0 Å². The van der Waals surface area contributed by atoms with E-state index in [0.29, 0.717) is 11.9 Å². The van der Waals surface area contributed by atoms with Crippen molar-refractivity contribution in [2.24, 2.45) is 0 Å². The summed E-state index contributed by atoms with van der Waals surface area (Å²) in [6.07, 6.45) is 0. The van der Waals surface area contributed by atoms with Gasteiger partial charge in [-0.3, -0.25) is 0 Å². The molecule has 0 saturated heterocycles. The Morgan fingerprint density at radius 1 is 1.46 bits per heavy atom. The average molecular weight is 199 g/mol. The van der Waals surface area contributed by atoms with Crippen molar-refractivity contribution in [3.05, 3.63) is 23.9 Å². The van der Waals surface area contributed by atoms with E-state index in [-0.39, 0.29) is 0 Å². The van der Waals surface area contributed by atoms with Gasteiger partial charge in [0.25, 0.3) is 0 Å². The Morgan fingerprint density at radius 3 is 2.69 bits per heavy atom. The van der Waals surface area contributed by atoms with Gasteiger partial charge in [0.2, 0.25) is 0 Å². The monoisotopic (exact) mass is 198 g/mol. The quantitative estimate of drug-likeness (QED) is 0.695. The lowest BCUT2D eigenvalue weighted by atomic mass is 10.3. The molecule has 0 unspecified atom stereocenters. The smallest absolute Gasteiger partial charge is 0.128 e. The molecular weight excluding hydrogens is 184 g/mol. The van der Waals surface area contributed by atoms with Crippen LogP contribution in [0.5, 0.6) is 0 Å². The van der Waals surface area contributed by atoms with Crippen LogP contribution < -0.4 is 4.90 Å². The Morgan fingerprint density at radius 2 is 2.15 bits per heavy atom. The van der Waals surface area contributed by atoms with Crippen LogP contribution in [0.4, 0.5) is 5.82 Å². The molecule has 0 aliphatic heterocycles. The van der Waals surface area contributed by atoms with Crippen LogP contribution in [0.1, 0.15) is 19.5 Å². The number of aromatic nitrogens is 1. The van der Waals surface area contributed by atoms with Crippen molar-refractivity contribution >= 4 is 17.4 Å². The molecule has 0 N–H and O–H groups in total. The maximum Gasteiger partial charge on any atom is 0.128 e. The van der Waals surface area contributed by atoms with E-state index < -0.39 is 0 Å². The number of pyridine rings is 1. The third-order valence-corrected chi connectivity index (χ3v) is 2.34. The average Bonchev–Trinajstić information content (AvgIpc) is 2.16. The summed E-state index contributed by atoms with van der Waals surface area (Å²) in [4.78, 5) is 6.53. The third kappa shape index (κ3) is 2.59. The second-order valence-corrected chi connectivity index (χ2v) is 3.59. The molecule has 0 fully saturated rings. The molecule has 0 bridgehead atoms. The maximum absolute atomic E-state index is 5.70. The van der Waals surface area contributed by atoms with E-state index in [4.69, 9.17) is 11.6 Å². The van der Waals surface area contributed by atoms with Crippen LogP contribution in [0, 0.1) is 0 Å². The molecule has 1 heterocycles. The number of nitrogens with zero attached hydrogens (tertiary/aromatic N) is 2. The minimum atomic E-state index is 0.457. The first-order chi connectivity index (χ1) is 6.15. The minimum Gasteiger partial charge on any atom is -0.357 e. The molecule has 1 aromatic rings. The SMILES string of the molecule is CC(C)N(C)c1cccc(CCl)n1. The van der Waals surface area contributed by atoms with Crippen molar-refractivity contribution in [1.82, 2.24) is 4.98 Å². The van der Waals surface area contributed by atoms with Crippen molar-refractivity contribution in [3.8, 4) is 0 Å². The molecule has 13 heavy (non-hydrogen) atoms. The summed E-state index contributed by atoms with van der Waals surface area (Å²) >= 11 is 5.70. The Hall–Kier alpha value is -0.760. The zero-order chi connectivity index (χ0) is 9.84. The van der Waals surface area contributed by atoms with Crippen molar-refractivity contribution in [3.63, 3.8) is 0 Å². The molecule has 0 aromatic carbocycles. The summed E-state index contributed by atoms with van der Waals surface area (Å²) in [5.41, 5.74) is 0.923. The van der Waals surface area contributed by atoms with Gasteiger partial charge in [0.05, 0.1) is 11.6 Å². The summed E-state index contributed by atoms with van der Waals surface area (Å²) in [5.74, 6) is 1.45. The van der Waals surface area contributed by atoms with Crippen LogP contribution in [0.15, 0.2) is 18.2 Å². The highest BCUT2D eigenvalue weighted by atomic mass is 35.5. The van der Waals surface area contributed by atoms with Gasteiger partial charge in [-0.15, -0.1) is 11.6 Å². The molecule has 72 valence electrons. The number of halogens is 1. The molecular formula is C10H15ClN2. The standard InChI is InChI=1S/C10H15ClN2/c1-8(2)13(3)10-6-4-5-9(7-11)12-10/h4-6,8H,7H2,1-3H3. The Bertz CT molecular complexity index is 273. The number of alkyl halides is 1. The normalized spacial score (nSPS) is 10.5. The fourth-order valence-corrected chi connectivity index (χ4v) is 1.15. The molecule has 2 nitrogen and oxygen atoms in total. The first-order valence-electron chi connectivity index (χ1n) is 4.40. The van der Waals surface area contributed by atoms with Gasteiger partial charge >= 0.3 is 0 Å². The van der Waals surface area contributed by atoms with E-state index >= 15 is 0 Å². The highest BCUT2D eigenvalue weighted by molar-refractivity contribution is 6.16. The van der Waals surface area contributed by atoms with Crippen LogP contribution >= 0.6 is 11.6 Å². The highest BCUT2D eigenvalue weighted by Crippen LogP contribution is 2.13. The lowest BCUT2D eigenvalue weighted by Crippen LogP contribution is -2.26. The molecule has 0 aliphatic carbocycles. The van der Waals surface area contributed by atoms with E-state index in [1.165, 1.54) is 0 Å². The van der Waals surface area contributed by atoms with Gasteiger partial charge in [0.15, 0.2) is 0 Å². The third-order valence-electron chi connectivity index (χ3n) is 2.06. The largest absolute Gasteiger partial charge is 0.357 e. The van der Waals surface area contributed by atoms with Crippen molar-refractivity contribution in [1.29, 1.82) is 0 Å². The second kappa shape index (κ2) is 4.47.